The molecule has 1 heterocycles. The summed E-state index contributed by atoms with van der Waals surface area (Å²) in [5.41, 5.74) is 0. The maximum atomic E-state index is 12.5. The van der Waals surface area contributed by atoms with Crippen molar-refractivity contribution in [3.05, 3.63) is 0 Å². The molecular formula is C21H37N3O4. The Morgan fingerprint density at radius 1 is 0.893 bits per heavy atom. The highest BCUT2D eigenvalue weighted by Crippen LogP contribution is 2.22. The molecule has 0 aromatic carbocycles. The largest absolute Gasteiger partial charge is 0.481 e. The summed E-state index contributed by atoms with van der Waals surface area (Å²) in [5, 5.41) is 14.8. The summed E-state index contributed by atoms with van der Waals surface area (Å²) in [5.74, 6) is -0.643. The highest BCUT2D eigenvalue weighted by atomic mass is 16.4. The van der Waals surface area contributed by atoms with Crippen molar-refractivity contribution < 1.29 is 19.5 Å². The predicted octanol–water partition coefficient (Wildman–Crippen LogP) is 3.42. The van der Waals surface area contributed by atoms with Gasteiger partial charge in [0.15, 0.2) is 0 Å². The summed E-state index contributed by atoms with van der Waals surface area (Å²) < 4.78 is 0. The SMILES string of the molecule is O=C(O)CCC1CCCCN1C(=O)CCCCCNC(=O)NC1CCCCC1. The lowest BCUT2D eigenvalue weighted by molar-refractivity contribution is -0.140. The molecule has 1 saturated carbocycles. The van der Waals surface area contributed by atoms with E-state index in [1.807, 2.05) is 4.90 Å². The van der Waals surface area contributed by atoms with Gasteiger partial charge in [0.1, 0.15) is 0 Å². The zero-order valence-electron chi connectivity index (χ0n) is 17.1. The van der Waals surface area contributed by atoms with E-state index in [1.54, 1.807) is 0 Å². The van der Waals surface area contributed by atoms with Gasteiger partial charge in [-0.1, -0.05) is 25.7 Å². The molecule has 0 bridgehead atoms. The van der Waals surface area contributed by atoms with Crippen molar-refractivity contribution in [3.8, 4) is 0 Å². The molecule has 1 aliphatic carbocycles. The normalized spacial score (nSPS) is 20.6. The van der Waals surface area contributed by atoms with Crippen LogP contribution in [0.2, 0.25) is 0 Å². The van der Waals surface area contributed by atoms with Crippen LogP contribution in [0.5, 0.6) is 0 Å². The second-order valence-electron chi connectivity index (χ2n) is 8.21. The van der Waals surface area contributed by atoms with Crippen LogP contribution in [-0.2, 0) is 9.59 Å². The molecule has 3 amide bonds. The minimum Gasteiger partial charge on any atom is -0.481 e. The maximum Gasteiger partial charge on any atom is 0.315 e. The van der Waals surface area contributed by atoms with E-state index in [2.05, 4.69) is 10.6 Å². The lowest BCUT2D eigenvalue weighted by atomic mass is 9.96. The number of amides is 3. The van der Waals surface area contributed by atoms with E-state index in [-0.39, 0.29) is 24.4 Å². The molecule has 1 saturated heterocycles. The van der Waals surface area contributed by atoms with E-state index in [1.165, 1.54) is 19.3 Å². The third-order valence-electron chi connectivity index (χ3n) is 5.93. The van der Waals surface area contributed by atoms with Gasteiger partial charge >= 0.3 is 12.0 Å². The smallest absolute Gasteiger partial charge is 0.315 e. The number of carbonyl (C=O) groups excluding carboxylic acids is 2. The molecular weight excluding hydrogens is 358 g/mol. The quantitative estimate of drug-likeness (QED) is 0.494. The summed E-state index contributed by atoms with van der Waals surface area (Å²) in [6.45, 7) is 1.39. The summed E-state index contributed by atoms with van der Waals surface area (Å²) in [4.78, 5) is 37.1. The van der Waals surface area contributed by atoms with Gasteiger partial charge in [-0.25, -0.2) is 4.79 Å². The molecule has 0 spiro atoms. The first kappa shape index (κ1) is 22.5. The number of unbranched alkanes of at least 4 members (excludes halogenated alkanes) is 2. The third kappa shape index (κ3) is 8.48. The van der Waals surface area contributed by atoms with Crippen molar-refractivity contribution in [1.82, 2.24) is 15.5 Å². The fraction of sp³-hybridized carbons (Fsp3) is 0.857. The van der Waals surface area contributed by atoms with Crippen molar-refractivity contribution in [2.24, 2.45) is 0 Å². The molecule has 2 aliphatic rings. The fourth-order valence-electron chi connectivity index (χ4n) is 4.33. The number of aliphatic carboxylic acids is 1. The zero-order valence-corrected chi connectivity index (χ0v) is 17.1. The average Bonchev–Trinajstić information content (AvgIpc) is 2.69. The topological polar surface area (TPSA) is 98.7 Å². The number of likely N-dealkylation sites (tertiary alicyclic amines) is 1. The Hall–Kier alpha value is -1.79. The van der Waals surface area contributed by atoms with E-state index >= 15 is 0 Å². The molecule has 0 aromatic rings. The van der Waals surface area contributed by atoms with Gasteiger partial charge in [0.2, 0.25) is 5.91 Å². The first-order valence-corrected chi connectivity index (χ1v) is 11.1. The number of hydrogen-bond acceptors (Lipinski definition) is 3. The standard InChI is InChI=1S/C21H37N3O4/c25-19(24-16-8-6-11-18(24)13-14-20(26)27)12-5-2-7-15-22-21(28)23-17-9-3-1-4-10-17/h17-18H,1-16H2,(H,26,27)(H2,22,23,28). The Morgan fingerprint density at radius 2 is 1.64 bits per heavy atom. The van der Waals surface area contributed by atoms with Gasteiger partial charge in [0.25, 0.3) is 0 Å². The van der Waals surface area contributed by atoms with Crippen molar-refractivity contribution in [2.45, 2.75) is 102 Å². The Labute approximate surface area is 168 Å². The summed E-state index contributed by atoms with van der Waals surface area (Å²) >= 11 is 0. The lowest BCUT2D eigenvalue weighted by Gasteiger charge is -2.35. The fourth-order valence-corrected chi connectivity index (χ4v) is 4.33. The zero-order chi connectivity index (χ0) is 20.2. The molecule has 0 radical (unpaired) electrons. The third-order valence-corrected chi connectivity index (χ3v) is 5.93. The molecule has 0 aromatic heterocycles. The molecule has 7 heteroatoms. The summed E-state index contributed by atoms with van der Waals surface area (Å²) in [6.07, 6.45) is 12.6. The average molecular weight is 396 g/mol. The number of carbonyl (C=O) groups is 3. The van der Waals surface area contributed by atoms with E-state index < -0.39 is 5.97 Å². The molecule has 1 atom stereocenters. The Balaban J connectivity index is 1.54. The van der Waals surface area contributed by atoms with Crippen LogP contribution in [0, 0.1) is 0 Å². The molecule has 3 N–H and O–H groups in total. The number of carboxylic acids is 1. The van der Waals surface area contributed by atoms with Gasteiger partial charge in [-0.2, -0.15) is 0 Å². The number of hydrogen-bond donors (Lipinski definition) is 3. The van der Waals surface area contributed by atoms with Crippen LogP contribution in [0.4, 0.5) is 4.79 Å². The second-order valence-corrected chi connectivity index (χ2v) is 8.21. The number of rotatable bonds is 10. The van der Waals surface area contributed by atoms with Gasteiger partial charge in [-0.05, 0) is 51.4 Å². The van der Waals surface area contributed by atoms with Crippen molar-refractivity contribution in [1.29, 1.82) is 0 Å². The lowest BCUT2D eigenvalue weighted by Crippen LogP contribution is -2.44. The Morgan fingerprint density at radius 3 is 2.39 bits per heavy atom. The van der Waals surface area contributed by atoms with Gasteiger partial charge < -0.3 is 20.6 Å². The van der Waals surface area contributed by atoms with Crippen LogP contribution in [-0.4, -0.2) is 53.1 Å². The molecule has 28 heavy (non-hydrogen) atoms. The van der Waals surface area contributed by atoms with Crippen molar-refractivity contribution >= 4 is 17.9 Å². The van der Waals surface area contributed by atoms with Gasteiger partial charge in [0.05, 0.1) is 0 Å². The number of piperidine rings is 1. The van der Waals surface area contributed by atoms with Crippen LogP contribution in [0.1, 0.15) is 89.9 Å². The van der Waals surface area contributed by atoms with Crippen molar-refractivity contribution in [3.63, 3.8) is 0 Å². The van der Waals surface area contributed by atoms with E-state index in [0.29, 0.717) is 25.4 Å². The minimum atomic E-state index is -0.794. The molecule has 1 aliphatic heterocycles. The predicted molar refractivity (Wildman–Crippen MR) is 108 cm³/mol. The van der Waals surface area contributed by atoms with Gasteiger partial charge in [-0.15, -0.1) is 0 Å². The second kappa shape index (κ2) is 12.6. The number of carboxylic acid groups (broad SMARTS) is 1. The minimum absolute atomic E-state index is 0.0717. The Bertz CT molecular complexity index is 506. The molecule has 160 valence electrons. The van der Waals surface area contributed by atoms with Crippen LogP contribution in [0.15, 0.2) is 0 Å². The number of nitrogens with zero attached hydrogens (tertiary/aromatic N) is 1. The van der Waals surface area contributed by atoms with E-state index in [0.717, 1.165) is 57.9 Å². The monoisotopic (exact) mass is 395 g/mol. The van der Waals surface area contributed by atoms with E-state index in [4.69, 9.17) is 5.11 Å². The highest BCUT2D eigenvalue weighted by molar-refractivity contribution is 5.76. The molecule has 1 unspecified atom stereocenters. The van der Waals surface area contributed by atoms with Gasteiger partial charge in [0, 0.05) is 38.0 Å². The summed E-state index contributed by atoms with van der Waals surface area (Å²) in [6, 6.07) is 0.338. The van der Waals surface area contributed by atoms with Crippen LogP contribution in [0.3, 0.4) is 0 Å². The van der Waals surface area contributed by atoms with Gasteiger partial charge in [-0.3, -0.25) is 9.59 Å². The van der Waals surface area contributed by atoms with Crippen LogP contribution in [0.25, 0.3) is 0 Å². The highest BCUT2D eigenvalue weighted by Gasteiger charge is 2.26. The molecule has 2 rings (SSSR count). The Kier molecular flexibility index (Phi) is 10.1. The first-order chi connectivity index (χ1) is 13.6. The van der Waals surface area contributed by atoms with E-state index in [9.17, 15) is 14.4 Å². The number of nitrogens with one attached hydrogen (secondary N) is 2. The summed E-state index contributed by atoms with van der Waals surface area (Å²) in [7, 11) is 0. The van der Waals surface area contributed by atoms with Crippen LogP contribution >= 0.6 is 0 Å². The maximum absolute atomic E-state index is 12.5. The van der Waals surface area contributed by atoms with Crippen molar-refractivity contribution in [2.75, 3.05) is 13.1 Å². The molecule has 7 nitrogen and oxygen atoms in total. The molecule has 2 fully saturated rings. The number of urea groups is 1. The van der Waals surface area contributed by atoms with Crippen LogP contribution < -0.4 is 10.6 Å². The first-order valence-electron chi connectivity index (χ1n) is 11.1.